The maximum absolute atomic E-state index is 5.88. The predicted molar refractivity (Wildman–Crippen MR) is 91.8 cm³/mol. The number of halogens is 1. The highest BCUT2D eigenvalue weighted by Gasteiger charge is 2.06. The van der Waals surface area contributed by atoms with Crippen LogP contribution in [0.15, 0.2) is 60.2 Å². The lowest BCUT2D eigenvalue weighted by Crippen LogP contribution is -1.98. The molecule has 0 unspecified atom stereocenters. The largest absolute Gasteiger partial charge is 0.493 e. The summed E-state index contributed by atoms with van der Waals surface area (Å²) in [6.45, 7) is 0.432. The van der Waals surface area contributed by atoms with Crippen LogP contribution < -0.4 is 9.47 Å². The van der Waals surface area contributed by atoms with Gasteiger partial charge in [-0.25, -0.2) is 4.68 Å². The molecule has 2 aromatic carbocycles. The van der Waals surface area contributed by atoms with Gasteiger partial charge in [0.05, 0.1) is 13.3 Å². The van der Waals surface area contributed by atoms with Gasteiger partial charge < -0.3 is 9.47 Å². The van der Waals surface area contributed by atoms with Crippen LogP contribution in [0.3, 0.4) is 0 Å². The average Bonchev–Trinajstić information content (AvgIpc) is 3.13. The highest BCUT2D eigenvalue weighted by Crippen LogP contribution is 2.28. The summed E-state index contributed by atoms with van der Waals surface area (Å²) in [5.74, 6) is 1.30. The molecule has 0 spiro atoms. The minimum atomic E-state index is 0.432. The van der Waals surface area contributed by atoms with Crippen molar-refractivity contribution in [3.8, 4) is 11.5 Å². The van der Waals surface area contributed by atoms with Crippen LogP contribution in [0.25, 0.3) is 0 Å². The van der Waals surface area contributed by atoms with Crippen molar-refractivity contribution in [3.63, 3.8) is 0 Å². The topological polar surface area (TPSA) is 61.5 Å². The highest BCUT2D eigenvalue weighted by atomic mass is 35.5. The zero-order valence-electron chi connectivity index (χ0n) is 13.0. The van der Waals surface area contributed by atoms with Crippen molar-refractivity contribution in [2.75, 3.05) is 7.11 Å². The Balaban J connectivity index is 1.70. The van der Waals surface area contributed by atoms with Crippen molar-refractivity contribution in [1.82, 2.24) is 14.9 Å². The number of hydrogen-bond acceptors (Lipinski definition) is 5. The molecule has 0 saturated carbocycles. The van der Waals surface area contributed by atoms with Gasteiger partial charge in [-0.2, -0.15) is 5.10 Å². The Bertz CT molecular complexity index is 817. The number of aromatic nitrogens is 3. The standard InChI is InChI=1S/C17H15ClN4O2/c1-23-17-8-14(9-21-22-11-19-20-12-22)4-7-16(17)24-10-13-2-5-15(18)6-3-13/h2-9,11-12H,10H2,1H3/b21-9+. The molecular weight excluding hydrogens is 328 g/mol. The summed E-state index contributed by atoms with van der Waals surface area (Å²) in [6, 6.07) is 13.1. The first-order valence-corrected chi connectivity index (χ1v) is 7.56. The molecule has 0 atom stereocenters. The summed E-state index contributed by atoms with van der Waals surface area (Å²) < 4.78 is 12.7. The monoisotopic (exact) mass is 342 g/mol. The molecule has 1 heterocycles. The minimum absolute atomic E-state index is 0.432. The number of hydrogen-bond donors (Lipinski definition) is 0. The van der Waals surface area contributed by atoms with E-state index in [1.807, 2.05) is 42.5 Å². The van der Waals surface area contributed by atoms with E-state index in [0.717, 1.165) is 11.1 Å². The highest BCUT2D eigenvalue weighted by molar-refractivity contribution is 6.30. The fourth-order valence-corrected chi connectivity index (χ4v) is 2.14. The molecule has 0 saturated heterocycles. The lowest BCUT2D eigenvalue weighted by molar-refractivity contribution is 0.284. The van der Waals surface area contributed by atoms with E-state index in [0.29, 0.717) is 23.1 Å². The number of ether oxygens (including phenoxy) is 2. The van der Waals surface area contributed by atoms with Crippen LogP contribution in [-0.2, 0) is 6.61 Å². The summed E-state index contributed by atoms with van der Waals surface area (Å²) in [5.41, 5.74) is 1.90. The van der Waals surface area contributed by atoms with E-state index >= 15 is 0 Å². The Morgan fingerprint density at radius 1 is 1.08 bits per heavy atom. The molecule has 1 aromatic heterocycles. The number of methoxy groups -OCH3 is 1. The quantitative estimate of drug-likeness (QED) is 0.644. The van der Waals surface area contributed by atoms with E-state index < -0.39 is 0 Å². The van der Waals surface area contributed by atoms with Crippen LogP contribution in [0, 0.1) is 0 Å². The second-order valence-corrected chi connectivity index (χ2v) is 5.35. The summed E-state index contributed by atoms with van der Waals surface area (Å²) in [7, 11) is 1.60. The first-order valence-electron chi connectivity index (χ1n) is 7.19. The van der Waals surface area contributed by atoms with Gasteiger partial charge in [-0.1, -0.05) is 23.7 Å². The molecule has 0 radical (unpaired) electrons. The zero-order valence-corrected chi connectivity index (χ0v) is 13.7. The third-order valence-electron chi connectivity index (χ3n) is 3.24. The van der Waals surface area contributed by atoms with Crippen LogP contribution in [0.4, 0.5) is 0 Å². The molecule has 0 aliphatic carbocycles. The number of nitrogens with zero attached hydrogens (tertiary/aromatic N) is 4. The molecule has 122 valence electrons. The van der Waals surface area contributed by atoms with Gasteiger partial charge in [-0.3, -0.25) is 0 Å². The third-order valence-corrected chi connectivity index (χ3v) is 3.49. The van der Waals surface area contributed by atoms with Gasteiger partial charge in [-0.05, 0) is 41.5 Å². The Morgan fingerprint density at radius 3 is 2.54 bits per heavy atom. The Labute approximate surface area is 144 Å². The molecule has 0 aliphatic rings. The zero-order chi connectivity index (χ0) is 16.8. The molecule has 3 rings (SSSR count). The molecule has 0 fully saturated rings. The Morgan fingerprint density at radius 2 is 1.83 bits per heavy atom. The second kappa shape index (κ2) is 7.61. The number of rotatable bonds is 6. The molecular formula is C17H15ClN4O2. The molecule has 0 amide bonds. The van der Waals surface area contributed by atoms with Crippen molar-refractivity contribution in [2.45, 2.75) is 6.61 Å². The van der Waals surface area contributed by atoms with Crippen molar-refractivity contribution in [3.05, 3.63) is 71.3 Å². The van der Waals surface area contributed by atoms with Crippen LogP contribution >= 0.6 is 11.6 Å². The molecule has 0 bridgehead atoms. The molecule has 0 N–H and O–H groups in total. The summed E-state index contributed by atoms with van der Waals surface area (Å²) in [4.78, 5) is 0. The van der Waals surface area contributed by atoms with Crippen molar-refractivity contribution in [2.24, 2.45) is 5.10 Å². The van der Waals surface area contributed by atoms with Crippen molar-refractivity contribution >= 4 is 17.8 Å². The normalized spacial score (nSPS) is 10.9. The van der Waals surface area contributed by atoms with Gasteiger partial charge in [0.1, 0.15) is 19.3 Å². The SMILES string of the molecule is COc1cc(/C=N/n2cnnc2)ccc1OCc1ccc(Cl)cc1. The van der Waals surface area contributed by atoms with Crippen LogP contribution in [0.1, 0.15) is 11.1 Å². The average molecular weight is 343 g/mol. The molecule has 0 aliphatic heterocycles. The smallest absolute Gasteiger partial charge is 0.161 e. The van der Waals surface area contributed by atoms with Crippen LogP contribution in [0.2, 0.25) is 5.02 Å². The van der Waals surface area contributed by atoms with Crippen molar-refractivity contribution in [1.29, 1.82) is 0 Å². The molecule has 6 nitrogen and oxygen atoms in total. The van der Waals surface area contributed by atoms with E-state index in [-0.39, 0.29) is 0 Å². The lowest BCUT2D eigenvalue weighted by Gasteiger charge is -2.11. The van der Waals surface area contributed by atoms with Crippen LogP contribution in [-0.4, -0.2) is 28.2 Å². The third kappa shape index (κ3) is 4.11. The lowest BCUT2D eigenvalue weighted by atomic mass is 10.2. The summed E-state index contributed by atoms with van der Waals surface area (Å²) >= 11 is 5.88. The maximum Gasteiger partial charge on any atom is 0.161 e. The van der Waals surface area contributed by atoms with Crippen molar-refractivity contribution < 1.29 is 9.47 Å². The van der Waals surface area contributed by atoms with Gasteiger partial charge in [0.2, 0.25) is 0 Å². The summed E-state index contributed by atoms with van der Waals surface area (Å²) in [5, 5.41) is 12.3. The number of benzene rings is 2. The minimum Gasteiger partial charge on any atom is -0.493 e. The molecule has 24 heavy (non-hydrogen) atoms. The van der Waals surface area contributed by atoms with Gasteiger partial charge in [0.15, 0.2) is 11.5 Å². The first kappa shape index (κ1) is 16.0. The Kier molecular flexibility index (Phi) is 5.08. The summed E-state index contributed by atoms with van der Waals surface area (Å²) in [6.07, 6.45) is 4.71. The predicted octanol–water partition coefficient (Wildman–Crippen LogP) is 3.40. The van der Waals surface area contributed by atoms with E-state index in [9.17, 15) is 0 Å². The van der Waals surface area contributed by atoms with E-state index in [1.54, 1.807) is 13.3 Å². The van der Waals surface area contributed by atoms with E-state index in [1.165, 1.54) is 17.3 Å². The maximum atomic E-state index is 5.88. The van der Waals surface area contributed by atoms with Gasteiger partial charge in [-0.15, -0.1) is 10.2 Å². The van der Waals surface area contributed by atoms with Crippen LogP contribution in [0.5, 0.6) is 11.5 Å². The fourth-order valence-electron chi connectivity index (χ4n) is 2.01. The van der Waals surface area contributed by atoms with Gasteiger partial charge >= 0.3 is 0 Å². The molecule has 3 aromatic rings. The Hall–Kier alpha value is -2.86. The molecule has 7 heteroatoms. The first-order chi connectivity index (χ1) is 11.7. The van der Waals surface area contributed by atoms with Gasteiger partial charge in [0, 0.05) is 5.02 Å². The van der Waals surface area contributed by atoms with E-state index in [2.05, 4.69) is 15.3 Å². The van der Waals surface area contributed by atoms with Gasteiger partial charge in [0.25, 0.3) is 0 Å². The van der Waals surface area contributed by atoms with E-state index in [4.69, 9.17) is 21.1 Å². The fraction of sp³-hybridized carbons (Fsp3) is 0.118. The second-order valence-electron chi connectivity index (χ2n) is 4.91.